The lowest BCUT2D eigenvalue weighted by Crippen LogP contribution is -2.37. The number of hydrogen-bond acceptors (Lipinski definition) is 4. The first-order valence-electron chi connectivity index (χ1n) is 9.36. The zero-order valence-electron chi connectivity index (χ0n) is 17.0. The summed E-state index contributed by atoms with van der Waals surface area (Å²) in [4.78, 5) is 22.1. The molecule has 0 unspecified atom stereocenters. The number of aromatic nitrogens is 1. The van der Waals surface area contributed by atoms with E-state index in [2.05, 4.69) is 20.6 Å². The van der Waals surface area contributed by atoms with Crippen LogP contribution in [0.3, 0.4) is 0 Å². The average Bonchev–Trinajstić information content (AvgIpc) is 2.70. The molecule has 1 heterocycles. The molecule has 1 aromatic carbocycles. The summed E-state index contributed by atoms with van der Waals surface area (Å²) in [5, 5.41) is 6.58. The zero-order valence-corrected chi connectivity index (χ0v) is 17.0. The Kier molecular flexibility index (Phi) is 8.27. The van der Waals surface area contributed by atoms with Gasteiger partial charge in [0.15, 0.2) is 5.96 Å². The molecule has 2 rings (SSSR count). The van der Waals surface area contributed by atoms with E-state index in [0.29, 0.717) is 31.1 Å². The summed E-state index contributed by atoms with van der Waals surface area (Å²) in [5.41, 5.74) is 2.87. The summed E-state index contributed by atoms with van der Waals surface area (Å²) >= 11 is 0. The van der Waals surface area contributed by atoms with Crippen LogP contribution in [0, 0.1) is 0 Å². The number of rotatable bonds is 8. The van der Waals surface area contributed by atoms with E-state index in [4.69, 9.17) is 4.74 Å². The largest absolute Gasteiger partial charge is 0.478 e. The van der Waals surface area contributed by atoms with E-state index in [1.54, 1.807) is 32.2 Å². The summed E-state index contributed by atoms with van der Waals surface area (Å²) < 4.78 is 5.42. The number of hydrogen-bond donors (Lipinski definition) is 2. The normalized spacial score (nSPS) is 11.1. The van der Waals surface area contributed by atoms with Crippen molar-refractivity contribution in [2.24, 2.45) is 4.99 Å². The Bertz CT molecular complexity index is 805. The first kappa shape index (κ1) is 21.2. The van der Waals surface area contributed by atoms with Crippen LogP contribution in [0.2, 0.25) is 0 Å². The van der Waals surface area contributed by atoms with Crippen LogP contribution < -0.4 is 15.4 Å². The van der Waals surface area contributed by atoms with Gasteiger partial charge in [-0.3, -0.25) is 9.79 Å². The summed E-state index contributed by atoms with van der Waals surface area (Å²) in [6, 6.07) is 11.6. The molecular weight excluding hydrogens is 354 g/mol. The molecule has 0 aliphatic heterocycles. The van der Waals surface area contributed by atoms with Crippen LogP contribution in [0.1, 0.15) is 28.4 Å². The minimum absolute atomic E-state index is 0.0102. The van der Waals surface area contributed by atoms with Crippen molar-refractivity contribution in [1.29, 1.82) is 0 Å². The molecule has 0 spiro atoms. The Labute approximate surface area is 166 Å². The molecule has 28 heavy (non-hydrogen) atoms. The highest BCUT2D eigenvalue weighted by molar-refractivity contribution is 5.94. The van der Waals surface area contributed by atoms with Crippen LogP contribution in [-0.4, -0.2) is 56.0 Å². The molecule has 0 bridgehead atoms. The molecule has 0 saturated carbocycles. The second-order valence-corrected chi connectivity index (χ2v) is 6.44. The monoisotopic (exact) mass is 383 g/mol. The lowest BCUT2D eigenvalue weighted by Gasteiger charge is -2.13. The summed E-state index contributed by atoms with van der Waals surface area (Å²) in [5.74, 6) is 1.35. The van der Waals surface area contributed by atoms with Gasteiger partial charge in [0.25, 0.3) is 5.91 Å². The van der Waals surface area contributed by atoms with Gasteiger partial charge in [0.1, 0.15) is 0 Å². The molecule has 7 heteroatoms. The van der Waals surface area contributed by atoms with Crippen LogP contribution in [0.4, 0.5) is 0 Å². The number of benzene rings is 1. The molecule has 1 amide bonds. The summed E-state index contributed by atoms with van der Waals surface area (Å²) in [6.07, 6.45) is 2.53. The molecule has 0 radical (unpaired) electrons. The highest BCUT2D eigenvalue weighted by Gasteiger charge is 2.08. The van der Waals surface area contributed by atoms with E-state index >= 15 is 0 Å². The third-order valence-electron chi connectivity index (χ3n) is 4.06. The first-order chi connectivity index (χ1) is 13.5. The van der Waals surface area contributed by atoms with E-state index in [-0.39, 0.29) is 5.91 Å². The Balaban J connectivity index is 1.84. The molecular formula is C21H29N5O2. The SMILES string of the molecule is CCOc1cc(CNC(=NC)NCCc2cccc(C(=O)N(C)C)c2)ccn1. The van der Waals surface area contributed by atoms with Crippen LogP contribution >= 0.6 is 0 Å². The fourth-order valence-electron chi connectivity index (χ4n) is 2.64. The number of carbonyl (C=O) groups excluding carboxylic acids is 1. The van der Waals surface area contributed by atoms with Gasteiger partial charge in [-0.2, -0.15) is 0 Å². The highest BCUT2D eigenvalue weighted by atomic mass is 16.5. The van der Waals surface area contributed by atoms with Crippen molar-refractivity contribution in [3.05, 3.63) is 59.3 Å². The van der Waals surface area contributed by atoms with Crippen LogP contribution in [0.5, 0.6) is 5.88 Å². The quantitative estimate of drug-likeness (QED) is 0.539. The number of guanidine groups is 1. The van der Waals surface area contributed by atoms with Crippen molar-refractivity contribution in [2.75, 3.05) is 34.3 Å². The van der Waals surface area contributed by atoms with Gasteiger partial charge in [-0.25, -0.2) is 4.98 Å². The molecule has 0 fully saturated rings. The fourth-order valence-corrected chi connectivity index (χ4v) is 2.64. The lowest BCUT2D eigenvalue weighted by atomic mass is 10.1. The summed E-state index contributed by atoms with van der Waals surface area (Å²) in [6.45, 7) is 3.85. The Morgan fingerprint density at radius 1 is 1.18 bits per heavy atom. The molecule has 0 aliphatic carbocycles. The van der Waals surface area contributed by atoms with Crippen molar-refractivity contribution in [2.45, 2.75) is 19.9 Å². The predicted molar refractivity (Wildman–Crippen MR) is 112 cm³/mol. The molecule has 2 aromatic rings. The molecule has 0 atom stereocenters. The molecule has 7 nitrogen and oxygen atoms in total. The third kappa shape index (κ3) is 6.57. The van der Waals surface area contributed by atoms with Crippen molar-refractivity contribution in [3.63, 3.8) is 0 Å². The maximum atomic E-state index is 12.1. The van der Waals surface area contributed by atoms with E-state index in [0.717, 1.165) is 23.5 Å². The minimum Gasteiger partial charge on any atom is -0.478 e. The molecule has 150 valence electrons. The van der Waals surface area contributed by atoms with Crippen molar-refractivity contribution < 1.29 is 9.53 Å². The highest BCUT2D eigenvalue weighted by Crippen LogP contribution is 2.09. The number of aliphatic imine (C=N–C) groups is 1. The second kappa shape index (κ2) is 10.9. The van der Waals surface area contributed by atoms with Crippen molar-refractivity contribution in [1.82, 2.24) is 20.5 Å². The number of carbonyl (C=O) groups is 1. The predicted octanol–water partition coefficient (Wildman–Crippen LogP) is 2.09. The van der Waals surface area contributed by atoms with Gasteiger partial charge < -0.3 is 20.3 Å². The van der Waals surface area contributed by atoms with Gasteiger partial charge in [0.05, 0.1) is 6.61 Å². The third-order valence-corrected chi connectivity index (χ3v) is 4.06. The topological polar surface area (TPSA) is 78.8 Å². The van der Waals surface area contributed by atoms with Crippen molar-refractivity contribution >= 4 is 11.9 Å². The number of amides is 1. The Morgan fingerprint density at radius 3 is 2.71 bits per heavy atom. The average molecular weight is 383 g/mol. The Morgan fingerprint density at radius 2 is 2.00 bits per heavy atom. The van der Waals surface area contributed by atoms with Crippen LogP contribution in [0.15, 0.2) is 47.6 Å². The fraction of sp³-hybridized carbons (Fsp3) is 0.381. The maximum Gasteiger partial charge on any atom is 0.253 e. The number of nitrogens with one attached hydrogen (secondary N) is 2. The van der Waals surface area contributed by atoms with Crippen molar-refractivity contribution in [3.8, 4) is 5.88 Å². The van der Waals surface area contributed by atoms with Crippen LogP contribution in [0.25, 0.3) is 0 Å². The lowest BCUT2D eigenvalue weighted by molar-refractivity contribution is 0.0827. The molecule has 0 saturated heterocycles. The van der Waals surface area contributed by atoms with Gasteiger partial charge in [0.2, 0.25) is 5.88 Å². The van der Waals surface area contributed by atoms with Gasteiger partial charge in [-0.15, -0.1) is 0 Å². The van der Waals surface area contributed by atoms with Gasteiger partial charge in [-0.1, -0.05) is 12.1 Å². The van der Waals surface area contributed by atoms with Gasteiger partial charge in [0, 0.05) is 52.1 Å². The van der Waals surface area contributed by atoms with E-state index in [9.17, 15) is 4.79 Å². The number of ether oxygens (including phenoxy) is 1. The molecule has 0 aliphatic rings. The molecule has 1 aromatic heterocycles. The maximum absolute atomic E-state index is 12.1. The Hall–Kier alpha value is -3.09. The smallest absolute Gasteiger partial charge is 0.253 e. The summed E-state index contributed by atoms with van der Waals surface area (Å²) in [7, 11) is 5.25. The van der Waals surface area contributed by atoms with E-state index < -0.39 is 0 Å². The van der Waals surface area contributed by atoms with E-state index in [1.165, 1.54) is 0 Å². The second-order valence-electron chi connectivity index (χ2n) is 6.44. The molecule has 2 N–H and O–H groups in total. The van der Waals surface area contributed by atoms with Gasteiger partial charge >= 0.3 is 0 Å². The standard InChI is InChI=1S/C21H29N5O2/c1-5-28-19-14-17(10-11-23-19)15-25-21(22-2)24-12-9-16-7-6-8-18(13-16)20(27)26(3)4/h6-8,10-11,13-14H,5,9,12,15H2,1-4H3,(H2,22,24,25). The number of pyridine rings is 1. The van der Waals surface area contributed by atoms with Gasteiger partial charge in [-0.05, 0) is 42.7 Å². The van der Waals surface area contributed by atoms with E-state index in [1.807, 2.05) is 43.3 Å². The first-order valence-corrected chi connectivity index (χ1v) is 9.36. The zero-order chi connectivity index (χ0) is 20.4. The number of nitrogens with zero attached hydrogens (tertiary/aromatic N) is 3. The van der Waals surface area contributed by atoms with Crippen LogP contribution in [-0.2, 0) is 13.0 Å². The minimum atomic E-state index is 0.0102.